The molecule has 1 N–H and O–H groups in total. The fourth-order valence-corrected chi connectivity index (χ4v) is 2.80. The van der Waals surface area contributed by atoms with Crippen molar-refractivity contribution in [3.8, 4) is 16.9 Å². The molecule has 4 nitrogen and oxygen atoms in total. The zero-order valence-electron chi connectivity index (χ0n) is 15.4. The Hall–Kier alpha value is -2.66. The van der Waals surface area contributed by atoms with Crippen molar-refractivity contribution in [1.29, 1.82) is 0 Å². The average molecular weight is 386 g/mol. The second-order valence-corrected chi connectivity index (χ2v) is 7.20. The molecule has 0 aliphatic heterocycles. The van der Waals surface area contributed by atoms with E-state index in [1.165, 1.54) is 16.8 Å². The lowest BCUT2D eigenvalue weighted by Crippen LogP contribution is -2.37. The molecule has 0 saturated carbocycles. The predicted octanol–water partition coefficient (Wildman–Crippen LogP) is 5.11. The number of benzene rings is 2. The van der Waals surface area contributed by atoms with E-state index in [-0.39, 0.29) is 17.8 Å². The van der Waals surface area contributed by atoms with Crippen LogP contribution < -0.4 is 5.32 Å². The van der Waals surface area contributed by atoms with Crippen LogP contribution in [0.3, 0.4) is 0 Å². The van der Waals surface area contributed by atoms with E-state index in [2.05, 4.69) is 10.4 Å². The van der Waals surface area contributed by atoms with Gasteiger partial charge in [-0.15, -0.1) is 0 Å². The van der Waals surface area contributed by atoms with Crippen LogP contribution in [0.5, 0.6) is 0 Å². The molecule has 0 aliphatic carbocycles. The number of nitrogens with one attached hydrogen (secondary N) is 1. The van der Waals surface area contributed by atoms with Crippen LogP contribution in [0.15, 0.2) is 54.6 Å². The van der Waals surface area contributed by atoms with Crippen molar-refractivity contribution in [1.82, 2.24) is 15.1 Å². The van der Waals surface area contributed by atoms with E-state index >= 15 is 0 Å². The van der Waals surface area contributed by atoms with E-state index in [1.807, 2.05) is 39.0 Å². The summed E-state index contributed by atoms with van der Waals surface area (Å²) < 4.78 is 14.8. The Morgan fingerprint density at radius 1 is 1.11 bits per heavy atom. The second-order valence-electron chi connectivity index (χ2n) is 6.79. The summed E-state index contributed by atoms with van der Waals surface area (Å²) >= 11 is 6.29. The van der Waals surface area contributed by atoms with Crippen molar-refractivity contribution in [3.63, 3.8) is 0 Å². The molecular formula is C21H21ClFN3O. The third kappa shape index (κ3) is 4.19. The summed E-state index contributed by atoms with van der Waals surface area (Å²) in [4.78, 5) is 12.9. The number of carbonyl (C=O) groups is 1. The smallest absolute Gasteiger partial charge is 0.270 e. The number of rotatable bonds is 5. The molecule has 1 amide bonds. The van der Waals surface area contributed by atoms with Crippen LogP contribution in [-0.2, 0) is 0 Å². The number of amides is 1. The zero-order chi connectivity index (χ0) is 19.6. The number of aromatic nitrogens is 2. The van der Waals surface area contributed by atoms with E-state index < -0.39 is 0 Å². The number of hydrogen-bond acceptors (Lipinski definition) is 2. The Labute approximate surface area is 163 Å². The maximum Gasteiger partial charge on any atom is 0.270 e. The van der Waals surface area contributed by atoms with E-state index in [0.29, 0.717) is 28.0 Å². The molecule has 27 heavy (non-hydrogen) atoms. The van der Waals surface area contributed by atoms with Gasteiger partial charge in [-0.3, -0.25) is 4.79 Å². The lowest BCUT2D eigenvalue weighted by molar-refractivity contribution is 0.0922. The molecule has 1 aromatic heterocycles. The van der Waals surface area contributed by atoms with Gasteiger partial charge in [0.25, 0.3) is 5.91 Å². The molecule has 0 fully saturated rings. The highest BCUT2D eigenvalue weighted by atomic mass is 35.5. The average Bonchev–Trinajstić information content (AvgIpc) is 3.07. The van der Waals surface area contributed by atoms with E-state index in [9.17, 15) is 9.18 Å². The lowest BCUT2D eigenvalue weighted by Gasteiger charge is -2.17. The topological polar surface area (TPSA) is 46.9 Å². The summed E-state index contributed by atoms with van der Waals surface area (Å²) in [5.74, 6) is -0.304. The minimum atomic E-state index is -0.350. The molecular weight excluding hydrogens is 365 g/mol. The van der Waals surface area contributed by atoms with Gasteiger partial charge in [-0.05, 0) is 49.2 Å². The minimum absolute atomic E-state index is 0.00201. The second kappa shape index (κ2) is 7.92. The Morgan fingerprint density at radius 2 is 1.78 bits per heavy atom. The Balaban J connectivity index is 2.08. The summed E-state index contributed by atoms with van der Waals surface area (Å²) in [6, 6.07) is 14.9. The van der Waals surface area contributed by atoms with Gasteiger partial charge in [-0.25, -0.2) is 9.07 Å². The van der Waals surface area contributed by atoms with Crippen LogP contribution in [0.2, 0.25) is 5.02 Å². The molecule has 1 atom stereocenters. The van der Waals surface area contributed by atoms with Gasteiger partial charge in [0.15, 0.2) is 0 Å². The number of hydrogen-bond donors (Lipinski definition) is 1. The van der Waals surface area contributed by atoms with Gasteiger partial charge in [-0.2, -0.15) is 5.10 Å². The molecule has 0 saturated heterocycles. The SMILES string of the molecule is CC(C)C(C)NC(=O)c1cc(-c2ccccc2Cl)nn1-c1ccc(F)cc1. The molecule has 1 heterocycles. The first-order valence-corrected chi connectivity index (χ1v) is 9.16. The van der Waals surface area contributed by atoms with E-state index in [0.717, 1.165) is 5.56 Å². The van der Waals surface area contributed by atoms with E-state index in [1.54, 1.807) is 24.3 Å². The van der Waals surface area contributed by atoms with Crippen molar-refractivity contribution >= 4 is 17.5 Å². The van der Waals surface area contributed by atoms with Gasteiger partial charge in [0.05, 0.1) is 16.4 Å². The monoisotopic (exact) mass is 385 g/mol. The zero-order valence-corrected chi connectivity index (χ0v) is 16.2. The number of carbonyl (C=O) groups excluding carboxylic acids is 1. The molecule has 2 aromatic carbocycles. The molecule has 140 valence electrons. The molecule has 3 aromatic rings. The Morgan fingerprint density at radius 3 is 2.41 bits per heavy atom. The van der Waals surface area contributed by atoms with Crippen molar-refractivity contribution < 1.29 is 9.18 Å². The molecule has 0 spiro atoms. The van der Waals surface area contributed by atoms with Crippen molar-refractivity contribution in [2.45, 2.75) is 26.8 Å². The summed E-state index contributed by atoms with van der Waals surface area (Å²) in [6.07, 6.45) is 0. The predicted molar refractivity (Wildman–Crippen MR) is 106 cm³/mol. The van der Waals surface area contributed by atoms with E-state index in [4.69, 9.17) is 11.6 Å². The van der Waals surface area contributed by atoms with Crippen LogP contribution in [0, 0.1) is 11.7 Å². The summed E-state index contributed by atoms with van der Waals surface area (Å²) in [7, 11) is 0. The van der Waals surface area contributed by atoms with Gasteiger partial charge in [0, 0.05) is 11.6 Å². The maximum atomic E-state index is 13.3. The van der Waals surface area contributed by atoms with Gasteiger partial charge >= 0.3 is 0 Å². The number of nitrogens with zero attached hydrogens (tertiary/aromatic N) is 2. The highest BCUT2D eigenvalue weighted by Gasteiger charge is 2.21. The maximum absolute atomic E-state index is 13.3. The first-order chi connectivity index (χ1) is 12.9. The molecule has 1 unspecified atom stereocenters. The quantitative estimate of drug-likeness (QED) is 0.663. The molecule has 6 heteroatoms. The summed E-state index contributed by atoms with van der Waals surface area (Å²) in [6.45, 7) is 6.03. The van der Waals surface area contributed by atoms with Crippen LogP contribution >= 0.6 is 11.6 Å². The largest absolute Gasteiger partial charge is 0.348 e. The van der Waals surface area contributed by atoms with Gasteiger partial charge in [-0.1, -0.05) is 43.6 Å². The van der Waals surface area contributed by atoms with Crippen molar-refractivity contribution in [2.24, 2.45) is 5.92 Å². The van der Waals surface area contributed by atoms with Crippen molar-refractivity contribution in [3.05, 3.63) is 71.1 Å². The molecule has 3 rings (SSSR count). The standard InChI is InChI=1S/C21H21ClFN3O/c1-13(2)14(3)24-21(27)20-12-19(17-6-4-5-7-18(17)22)25-26(20)16-10-8-15(23)9-11-16/h4-14H,1-3H3,(H,24,27). The van der Waals surface area contributed by atoms with Crippen molar-refractivity contribution in [2.75, 3.05) is 0 Å². The third-order valence-corrected chi connectivity index (χ3v) is 4.85. The fraction of sp³-hybridized carbons (Fsp3) is 0.238. The first kappa shape index (κ1) is 19.1. The minimum Gasteiger partial charge on any atom is -0.348 e. The molecule has 0 bridgehead atoms. The molecule has 0 aliphatic rings. The summed E-state index contributed by atoms with van der Waals surface area (Å²) in [5.41, 5.74) is 2.26. The first-order valence-electron chi connectivity index (χ1n) is 8.78. The Bertz CT molecular complexity index is 950. The van der Waals surface area contributed by atoms with Crippen LogP contribution in [0.25, 0.3) is 16.9 Å². The summed E-state index contributed by atoms with van der Waals surface area (Å²) in [5, 5.41) is 8.10. The van der Waals surface area contributed by atoms with Crippen LogP contribution in [-0.4, -0.2) is 21.7 Å². The van der Waals surface area contributed by atoms with Gasteiger partial charge in [0.2, 0.25) is 0 Å². The van der Waals surface area contributed by atoms with Crippen LogP contribution in [0.1, 0.15) is 31.3 Å². The lowest BCUT2D eigenvalue weighted by atomic mass is 10.1. The third-order valence-electron chi connectivity index (χ3n) is 4.52. The Kier molecular flexibility index (Phi) is 5.61. The normalized spacial score (nSPS) is 12.2. The highest BCUT2D eigenvalue weighted by Crippen LogP contribution is 2.28. The molecule has 0 radical (unpaired) electrons. The van der Waals surface area contributed by atoms with Gasteiger partial charge < -0.3 is 5.32 Å². The number of halogens is 2. The van der Waals surface area contributed by atoms with Crippen LogP contribution in [0.4, 0.5) is 4.39 Å². The highest BCUT2D eigenvalue weighted by molar-refractivity contribution is 6.33. The van der Waals surface area contributed by atoms with Gasteiger partial charge in [0.1, 0.15) is 11.5 Å². The fourth-order valence-electron chi connectivity index (χ4n) is 2.57.